The molecule has 5 heteroatoms. The first kappa shape index (κ1) is 17.8. The molecule has 1 heterocycles. The van der Waals surface area contributed by atoms with Crippen molar-refractivity contribution in [1.82, 2.24) is 9.80 Å². The van der Waals surface area contributed by atoms with Crippen LogP contribution in [0.25, 0.3) is 0 Å². The molecule has 0 atom stereocenters. The molecule has 0 spiro atoms. The molecule has 1 aromatic rings. The molecule has 1 aromatic carbocycles. The second-order valence-electron chi connectivity index (χ2n) is 5.99. The maximum absolute atomic E-state index is 12.5. The van der Waals surface area contributed by atoms with Gasteiger partial charge in [-0.3, -0.25) is 9.59 Å². The normalized spacial score (nSPS) is 15.4. The van der Waals surface area contributed by atoms with E-state index in [9.17, 15) is 9.59 Å². The molecule has 126 valence electrons. The van der Waals surface area contributed by atoms with Crippen LogP contribution in [0, 0.1) is 0 Å². The summed E-state index contributed by atoms with van der Waals surface area (Å²) in [5, 5.41) is 0.632. The minimum Gasteiger partial charge on any atom is -0.341 e. The predicted octanol–water partition coefficient (Wildman–Crippen LogP) is 3.13. The maximum Gasteiger partial charge on any atom is 0.227 e. The van der Waals surface area contributed by atoms with Gasteiger partial charge >= 0.3 is 0 Å². The standard InChI is InChI=1S/C18H25ClN2O2/c1-2-3-9-17(22)20-10-6-11-21(13-12-20)18(23)14-15-7-4-5-8-16(15)19/h4-5,7-8H,2-3,6,9-14H2,1H3. The largest absolute Gasteiger partial charge is 0.341 e. The van der Waals surface area contributed by atoms with E-state index < -0.39 is 0 Å². The summed E-state index contributed by atoms with van der Waals surface area (Å²) in [6, 6.07) is 7.45. The van der Waals surface area contributed by atoms with E-state index in [-0.39, 0.29) is 11.8 Å². The number of nitrogens with zero attached hydrogens (tertiary/aromatic N) is 2. The van der Waals surface area contributed by atoms with E-state index in [0.29, 0.717) is 37.5 Å². The first-order valence-corrected chi connectivity index (χ1v) is 8.78. The van der Waals surface area contributed by atoms with Gasteiger partial charge in [-0.15, -0.1) is 0 Å². The number of unbranched alkanes of at least 4 members (excludes halogenated alkanes) is 1. The van der Waals surface area contributed by atoms with Crippen LogP contribution < -0.4 is 0 Å². The Kier molecular flexibility index (Phi) is 6.90. The number of halogens is 1. The summed E-state index contributed by atoms with van der Waals surface area (Å²) >= 11 is 6.13. The highest BCUT2D eigenvalue weighted by Crippen LogP contribution is 2.17. The minimum atomic E-state index is 0.0842. The van der Waals surface area contributed by atoms with Crippen molar-refractivity contribution >= 4 is 23.4 Å². The van der Waals surface area contributed by atoms with Gasteiger partial charge in [0.15, 0.2) is 0 Å². The Labute approximate surface area is 143 Å². The summed E-state index contributed by atoms with van der Waals surface area (Å²) in [6.45, 7) is 4.79. The molecule has 1 aliphatic rings. The fraction of sp³-hybridized carbons (Fsp3) is 0.556. The van der Waals surface area contributed by atoms with Crippen molar-refractivity contribution in [3.8, 4) is 0 Å². The fourth-order valence-corrected chi connectivity index (χ4v) is 3.02. The number of amides is 2. The van der Waals surface area contributed by atoms with E-state index in [1.807, 2.05) is 28.0 Å². The average Bonchev–Trinajstić information content (AvgIpc) is 2.81. The van der Waals surface area contributed by atoms with Gasteiger partial charge in [0.2, 0.25) is 11.8 Å². The van der Waals surface area contributed by atoms with E-state index in [2.05, 4.69) is 6.92 Å². The van der Waals surface area contributed by atoms with Crippen molar-refractivity contribution in [2.45, 2.75) is 39.0 Å². The summed E-state index contributed by atoms with van der Waals surface area (Å²) in [4.78, 5) is 28.4. The Morgan fingerprint density at radius 3 is 2.35 bits per heavy atom. The molecular weight excluding hydrogens is 312 g/mol. The Morgan fingerprint density at radius 1 is 1.04 bits per heavy atom. The van der Waals surface area contributed by atoms with E-state index in [0.717, 1.165) is 31.4 Å². The van der Waals surface area contributed by atoms with Gasteiger partial charge < -0.3 is 9.80 Å². The molecular formula is C18H25ClN2O2. The first-order valence-electron chi connectivity index (χ1n) is 8.40. The molecule has 0 bridgehead atoms. The zero-order chi connectivity index (χ0) is 16.7. The van der Waals surface area contributed by atoms with Gasteiger partial charge in [-0.2, -0.15) is 0 Å². The number of carbonyl (C=O) groups excluding carboxylic acids is 2. The molecule has 2 amide bonds. The molecule has 0 N–H and O–H groups in total. The monoisotopic (exact) mass is 336 g/mol. The van der Waals surface area contributed by atoms with Gasteiger partial charge in [0.1, 0.15) is 0 Å². The summed E-state index contributed by atoms with van der Waals surface area (Å²) in [7, 11) is 0. The van der Waals surface area contributed by atoms with Crippen LogP contribution in [-0.4, -0.2) is 47.8 Å². The molecule has 1 fully saturated rings. The molecule has 0 radical (unpaired) electrons. The van der Waals surface area contributed by atoms with Crippen molar-refractivity contribution in [1.29, 1.82) is 0 Å². The van der Waals surface area contributed by atoms with Gasteiger partial charge in [0.25, 0.3) is 0 Å². The zero-order valence-corrected chi connectivity index (χ0v) is 14.5. The Balaban J connectivity index is 1.88. The molecule has 23 heavy (non-hydrogen) atoms. The highest BCUT2D eigenvalue weighted by molar-refractivity contribution is 6.31. The van der Waals surface area contributed by atoms with Crippen molar-refractivity contribution in [2.75, 3.05) is 26.2 Å². The van der Waals surface area contributed by atoms with Crippen LogP contribution in [0.4, 0.5) is 0 Å². The highest BCUT2D eigenvalue weighted by atomic mass is 35.5. The Hall–Kier alpha value is -1.55. The van der Waals surface area contributed by atoms with Crippen molar-refractivity contribution in [3.63, 3.8) is 0 Å². The molecule has 1 saturated heterocycles. The van der Waals surface area contributed by atoms with Crippen LogP contribution in [0.15, 0.2) is 24.3 Å². The topological polar surface area (TPSA) is 40.6 Å². The van der Waals surface area contributed by atoms with Crippen molar-refractivity contribution in [3.05, 3.63) is 34.9 Å². The maximum atomic E-state index is 12.5. The molecule has 1 aliphatic heterocycles. The summed E-state index contributed by atoms with van der Waals surface area (Å²) in [5.41, 5.74) is 0.860. The second kappa shape index (κ2) is 8.92. The van der Waals surface area contributed by atoms with Crippen LogP contribution in [0.2, 0.25) is 5.02 Å². The van der Waals surface area contributed by atoms with Gasteiger partial charge in [-0.05, 0) is 24.5 Å². The minimum absolute atomic E-state index is 0.0842. The lowest BCUT2D eigenvalue weighted by atomic mass is 10.1. The molecule has 4 nitrogen and oxygen atoms in total. The second-order valence-corrected chi connectivity index (χ2v) is 6.39. The van der Waals surface area contributed by atoms with Crippen LogP contribution in [0.5, 0.6) is 0 Å². The highest BCUT2D eigenvalue weighted by Gasteiger charge is 2.22. The number of carbonyl (C=O) groups is 2. The van der Waals surface area contributed by atoms with Gasteiger partial charge in [-0.1, -0.05) is 43.1 Å². The van der Waals surface area contributed by atoms with Gasteiger partial charge in [0, 0.05) is 37.6 Å². The van der Waals surface area contributed by atoms with Gasteiger partial charge in [0.05, 0.1) is 6.42 Å². The summed E-state index contributed by atoms with van der Waals surface area (Å²) < 4.78 is 0. The summed E-state index contributed by atoms with van der Waals surface area (Å²) in [6.07, 6.45) is 3.74. The van der Waals surface area contributed by atoms with E-state index in [1.165, 1.54) is 0 Å². The number of hydrogen-bond donors (Lipinski definition) is 0. The smallest absolute Gasteiger partial charge is 0.227 e. The number of benzene rings is 1. The lowest BCUT2D eigenvalue weighted by Gasteiger charge is -2.22. The van der Waals surface area contributed by atoms with Crippen LogP contribution in [-0.2, 0) is 16.0 Å². The van der Waals surface area contributed by atoms with Crippen molar-refractivity contribution < 1.29 is 9.59 Å². The SMILES string of the molecule is CCCCC(=O)N1CCCN(C(=O)Cc2ccccc2Cl)CC1. The fourth-order valence-electron chi connectivity index (χ4n) is 2.82. The third kappa shape index (κ3) is 5.24. The number of rotatable bonds is 5. The van der Waals surface area contributed by atoms with Gasteiger partial charge in [-0.25, -0.2) is 0 Å². The van der Waals surface area contributed by atoms with Crippen LogP contribution in [0.1, 0.15) is 38.2 Å². The zero-order valence-electron chi connectivity index (χ0n) is 13.8. The van der Waals surface area contributed by atoms with E-state index in [4.69, 9.17) is 11.6 Å². The Morgan fingerprint density at radius 2 is 1.70 bits per heavy atom. The molecule has 0 aliphatic carbocycles. The lowest BCUT2D eigenvalue weighted by Crippen LogP contribution is -2.37. The molecule has 0 unspecified atom stereocenters. The third-order valence-electron chi connectivity index (χ3n) is 4.25. The lowest BCUT2D eigenvalue weighted by molar-refractivity contribution is -0.133. The molecule has 0 saturated carbocycles. The first-order chi connectivity index (χ1) is 11.1. The van der Waals surface area contributed by atoms with Crippen molar-refractivity contribution in [2.24, 2.45) is 0 Å². The van der Waals surface area contributed by atoms with Crippen LogP contribution in [0.3, 0.4) is 0 Å². The van der Waals surface area contributed by atoms with E-state index >= 15 is 0 Å². The predicted molar refractivity (Wildman–Crippen MR) is 92.5 cm³/mol. The summed E-state index contributed by atoms with van der Waals surface area (Å²) in [5.74, 6) is 0.299. The van der Waals surface area contributed by atoms with E-state index in [1.54, 1.807) is 6.07 Å². The third-order valence-corrected chi connectivity index (χ3v) is 4.61. The average molecular weight is 337 g/mol. The molecule has 0 aromatic heterocycles. The quantitative estimate of drug-likeness (QED) is 0.828. The number of hydrogen-bond acceptors (Lipinski definition) is 2. The molecule has 2 rings (SSSR count). The Bertz CT molecular complexity index is 548. The van der Waals surface area contributed by atoms with Crippen LogP contribution >= 0.6 is 11.6 Å².